The first-order valence-corrected chi connectivity index (χ1v) is 9.54. The van der Waals surface area contributed by atoms with Crippen molar-refractivity contribution in [3.63, 3.8) is 0 Å². The van der Waals surface area contributed by atoms with Crippen LogP contribution in [0, 0.1) is 17.6 Å². The molecule has 0 aliphatic heterocycles. The van der Waals surface area contributed by atoms with Gasteiger partial charge in [-0.05, 0) is 36.6 Å². The van der Waals surface area contributed by atoms with Crippen LogP contribution in [0.15, 0.2) is 36.5 Å². The number of carbonyl (C=O) groups excluding carboxylic acids is 2. The molecule has 1 saturated carbocycles. The molecule has 0 spiro atoms. The van der Waals surface area contributed by atoms with Gasteiger partial charge in [-0.15, -0.1) is 0 Å². The van der Waals surface area contributed by atoms with E-state index in [1.165, 1.54) is 12.3 Å². The smallest absolute Gasteiger partial charge is 0.223 e. The van der Waals surface area contributed by atoms with Crippen LogP contribution in [0.3, 0.4) is 0 Å². The number of nitrogens with one attached hydrogen (secondary N) is 1. The molecule has 1 aromatic carbocycles. The van der Waals surface area contributed by atoms with E-state index < -0.39 is 35.8 Å². The number of halogens is 2. The molecular weight excluding hydrogens is 380 g/mol. The molecule has 1 aromatic heterocycles. The summed E-state index contributed by atoms with van der Waals surface area (Å²) < 4.78 is 32.6. The van der Waals surface area contributed by atoms with Gasteiger partial charge in [0.05, 0.1) is 6.04 Å². The lowest BCUT2D eigenvalue weighted by Crippen LogP contribution is -2.46. The highest BCUT2D eigenvalue weighted by molar-refractivity contribution is 5.91. The molecule has 1 amide bonds. The van der Waals surface area contributed by atoms with Crippen LogP contribution < -0.4 is 15.8 Å². The highest BCUT2D eigenvalue weighted by Gasteiger charge is 2.28. The van der Waals surface area contributed by atoms with E-state index in [1.54, 1.807) is 12.1 Å². The van der Waals surface area contributed by atoms with Crippen molar-refractivity contribution in [1.29, 1.82) is 0 Å². The Bertz CT molecular complexity index is 848. The van der Waals surface area contributed by atoms with Crippen LogP contribution in [0.2, 0.25) is 0 Å². The van der Waals surface area contributed by atoms with Crippen molar-refractivity contribution in [3.8, 4) is 5.75 Å². The summed E-state index contributed by atoms with van der Waals surface area (Å²) in [6, 6.07) is 5.70. The number of para-hydroxylation sites is 1. The number of carbonyl (C=O) groups is 2. The Hall–Kier alpha value is -3.03. The van der Waals surface area contributed by atoms with Crippen molar-refractivity contribution in [1.82, 2.24) is 10.3 Å². The zero-order valence-corrected chi connectivity index (χ0v) is 15.9. The van der Waals surface area contributed by atoms with Crippen LogP contribution in [0.1, 0.15) is 31.2 Å². The number of rotatable bonds is 8. The van der Waals surface area contributed by atoms with Crippen LogP contribution in [-0.4, -0.2) is 29.3 Å². The van der Waals surface area contributed by atoms with Gasteiger partial charge in [-0.1, -0.05) is 25.0 Å². The minimum atomic E-state index is -0.900. The van der Waals surface area contributed by atoms with Crippen molar-refractivity contribution in [2.45, 2.75) is 38.1 Å². The van der Waals surface area contributed by atoms with Gasteiger partial charge < -0.3 is 15.8 Å². The van der Waals surface area contributed by atoms with E-state index in [1.807, 2.05) is 0 Å². The van der Waals surface area contributed by atoms with Gasteiger partial charge in [0.15, 0.2) is 23.2 Å². The highest BCUT2D eigenvalue weighted by atomic mass is 19.1. The Labute approximate surface area is 167 Å². The number of nitrogen functional groups attached to an aromatic ring is 1. The lowest BCUT2D eigenvalue weighted by atomic mass is 10.0. The topological polar surface area (TPSA) is 94.3 Å². The van der Waals surface area contributed by atoms with Crippen molar-refractivity contribution in [2.24, 2.45) is 5.92 Å². The Morgan fingerprint density at radius 3 is 2.48 bits per heavy atom. The summed E-state index contributed by atoms with van der Waals surface area (Å²) in [5.41, 5.74) is 6.28. The maximum Gasteiger partial charge on any atom is 0.223 e. The van der Waals surface area contributed by atoms with Gasteiger partial charge in [0.1, 0.15) is 12.4 Å². The molecule has 2 aromatic rings. The molecule has 154 valence electrons. The van der Waals surface area contributed by atoms with Gasteiger partial charge in [0, 0.05) is 18.5 Å². The van der Waals surface area contributed by atoms with Crippen molar-refractivity contribution in [2.75, 3.05) is 12.3 Å². The van der Waals surface area contributed by atoms with Crippen LogP contribution in [0.25, 0.3) is 0 Å². The van der Waals surface area contributed by atoms with Crippen molar-refractivity contribution >= 4 is 17.5 Å². The molecule has 3 N–H and O–H groups in total. The number of pyridine rings is 1. The summed E-state index contributed by atoms with van der Waals surface area (Å²) >= 11 is 0. The third-order valence-corrected chi connectivity index (χ3v) is 5.00. The minimum absolute atomic E-state index is 0.125. The van der Waals surface area contributed by atoms with Gasteiger partial charge in [-0.2, -0.15) is 0 Å². The average Bonchev–Trinajstić information content (AvgIpc) is 3.23. The van der Waals surface area contributed by atoms with Gasteiger partial charge in [0.25, 0.3) is 0 Å². The number of benzene rings is 1. The average molecular weight is 403 g/mol. The molecule has 6 nitrogen and oxygen atoms in total. The first kappa shape index (κ1) is 20.7. The molecule has 1 aliphatic carbocycles. The third kappa shape index (κ3) is 5.49. The number of hydrogen-bond donors (Lipinski definition) is 2. The molecular formula is C21H23F2N3O3. The quantitative estimate of drug-likeness (QED) is 0.707. The molecule has 0 saturated heterocycles. The molecule has 0 bridgehead atoms. The van der Waals surface area contributed by atoms with E-state index in [0.29, 0.717) is 11.4 Å². The summed E-state index contributed by atoms with van der Waals surface area (Å²) in [6.45, 7) is -0.574. The van der Waals surface area contributed by atoms with E-state index in [9.17, 15) is 18.4 Å². The SMILES string of the molecule is Nc1ccc(CC(NC(=O)C2CCCC2)C(=O)COc2c(F)cccc2F)cn1. The molecule has 1 unspecified atom stereocenters. The highest BCUT2D eigenvalue weighted by Crippen LogP contribution is 2.25. The summed E-state index contributed by atoms with van der Waals surface area (Å²) in [4.78, 5) is 29.2. The van der Waals surface area contributed by atoms with Gasteiger partial charge in [0.2, 0.25) is 5.91 Å². The summed E-state index contributed by atoms with van der Waals surface area (Å²) in [5.74, 6) is -2.88. The maximum absolute atomic E-state index is 13.7. The molecule has 8 heteroatoms. The van der Waals surface area contributed by atoms with Crippen LogP contribution in [0.5, 0.6) is 5.75 Å². The Kier molecular flexibility index (Phi) is 6.74. The number of aromatic nitrogens is 1. The summed E-state index contributed by atoms with van der Waals surface area (Å²) in [5, 5.41) is 2.77. The number of ketones is 1. The molecule has 3 rings (SSSR count). The van der Waals surface area contributed by atoms with Crippen LogP contribution in [0.4, 0.5) is 14.6 Å². The van der Waals surface area contributed by atoms with E-state index in [-0.39, 0.29) is 18.2 Å². The predicted octanol–water partition coefficient (Wildman–Crippen LogP) is 2.81. The van der Waals surface area contributed by atoms with Crippen LogP contribution in [-0.2, 0) is 16.0 Å². The van der Waals surface area contributed by atoms with E-state index in [2.05, 4.69) is 10.3 Å². The minimum Gasteiger partial charge on any atom is -0.480 e. The van der Waals surface area contributed by atoms with Gasteiger partial charge in [-0.25, -0.2) is 13.8 Å². The number of nitrogens with two attached hydrogens (primary N) is 1. The fourth-order valence-electron chi connectivity index (χ4n) is 3.38. The summed E-state index contributed by atoms with van der Waals surface area (Å²) in [7, 11) is 0. The number of anilines is 1. The Morgan fingerprint density at radius 1 is 1.17 bits per heavy atom. The largest absolute Gasteiger partial charge is 0.480 e. The number of Topliss-reactive ketones (excluding diaryl/α,β-unsaturated/α-hetero) is 1. The fourth-order valence-corrected chi connectivity index (χ4v) is 3.38. The first-order chi connectivity index (χ1) is 13.9. The summed E-state index contributed by atoms with van der Waals surface area (Å²) in [6.07, 6.45) is 5.23. The predicted molar refractivity (Wildman–Crippen MR) is 103 cm³/mol. The second kappa shape index (κ2) is 9.45. The second-order valence-corrected chi connectivity index (χ2v) is 7.14. The molecule has 0 radical (unpaired) electrons. The maximum atomic E-state index is 13.7. The lowest BCUT2D eigenvalue weighted by molar-refractivity contribution is -0.131. The molecule has 1 aliphatic rings. The Morgan fingerprint density at radius 2 is 1.86 bits per heavy atom. The fraction of sp³-hybridized carbons (Fsp3) is 0.381. The van der Waals surface area contributed by atoms with E-state index >= 15 is 0 Å². The molecule has 1 atom stereocenters. The number of nitrogens with zero attached hydrogens (tertiary/aromatic N) is 1. The third-order valence-electron chi connectivity index (χ3n) is 5.00. The molecule has 1 heterocycles. The zero-order chi connectivity index (χ0) is 20.8. The Balaban J connectivity index is 1.70. The molecule has 29 heavy (non-hydrogen) atoms. The van der Waals surface area contributed by atoms with Gasteiger partial charge in [-0.3, -0.25) is 9.59 Å². The monoisotopic (exact) mass is 403 g/mol. The van der Waals surface area contributed by atoms with Gasteiger partial charge >= 0.3 is 0 Å². The zero-order valence-electron chi connectivity index (χ0n) is 15.9. The normalized spacial score (nSPS) is 15.1. The number of hydrogen-bond acceptors (Lipinski definition) is 5. The van der Waals surface area contributed by atoms with Crippen LogP contribution >= 0.6 is 0 Å². The number of amides is 1. The molecule has 1 fully saturated rings. The number of ether oxygens (including phenoxy) is 1. The first-order valence-electron chi connectivity index (χ1n) is 9.54. The van der Waals surface area contributed by atoms with E-state index in [4.69, 9.17) is 10.5 Å². The van der Waals surface area contributed by atoms with Crippen molar-refractivity contribution < 1.29 is 23.1 Å². The standard InChI is InChI=1S/C21H23F2N3O3/c22-15-6-3-7-16(23)20(15)29-12-18(27)17(10-13-8-9-19(24)25-11-13)26-21(28)14-4-1-2-5-14/h3,6-9,11,14,17H,1-2,4-5,10,12H2,(H2,24,25)(H,26,28). The lowest BCUT2D eigenvalue weighted by Gasteiger charge is -2.20. The van der Waals surface area contributed by atoms with Crippen molar-refractivity contribution in [3.05, 3.63) is 53.7 Å². The van der Waals surface area contributed by atoms with E-state index in [0.717, 1.165) is 37.8 Å². The second-order valence-electron chi connectivity index (χ2n) is 7.14.